The highest BCUT2D eigenvalue weighted by molar-refractivity contribution is 5.80. The van der Waals surface area contributed by atoms with E-state index in [1.165, 1.54) is 0 Å². The van der Waals surface area contributed by atoms with Gasteiger partial charge in [-0.15, -0.1) is 0 Å². The third kappa shape index (κ3) is 2.23. The normalized spacial score (nSPS) is 35.4. The van der Waals surface area contributed by atoms with Crippen LogP contribution < -0.4 is 5.32 Å². The molecule has 2 aliphatic rings. The summed E-state index contributed by atoms with van der Waals surface area (Å²) in [4.78, 5) is 14.3. The third-order valence-corrected chi connectivity index (χ3v) is 3.95. The predicted molar refractivity (Wildman–Crippen MR) is 62.0 cm³/mol. The molecular formula is C12H22N2O2. The van der Waals surface area contributed by atoms with Crippen molar-refractivity contribution in [2.24, 2.45) is 5.92 Å². The number of nitrogens with one attached hydrogen (secondary N) is 1. The SMILES string of the molecule is C[C@H]1NCCC[C@H]1C(=O)N1CCC[C@@H]1CO. The average Bonchev–Trinajstić information content (AvgIpc) is 2.77. The molecule has 0 saturated carbocycles. The number of hydrogen-bond acceptors (Lipinski definition) is 3. The maximum atomic E-state index is 12.4. The molecule has 1 amide bonds. The zero-order chi connectivity index (χ0) is 11.5. The molecule has 0 unspecified atom stereocenters. The molecule has 2 heterocycles. The largest absolute Gasteiger partial charge is 0.394 e. The van der Waals surface area contributed by atoms with E-state index in [4.69, 9.17) is 0 Å². The molecule has 92 valence electrons. The first-order valence-corrected chi connectivity index (χ1v) is 6.38. The van der Waals surface area contributed by atoms with Gasteiger partial charge < -0.3 is 15.3 Å². The first-order chi connectivity index (χ1) is 7.74. The number of hydrogen-bond donors (Lipinski definition) is 2. The lowest BCUT2D eigenvalue weighted by Crippen LogP contribution is -2.50. The maximum Gasteiger partial charge on any atom is 0.227 e. The van der Waals surface area contributed by atoms with Crippen molar-refractivity contribution in [3.63, 3.8) is 0 Å². The molecule has 4 heteroatoms. The molecule has 0 aromatic heterocycles. The Kier molecular flexibility index (Phi) is 3.82. The Morgan fingerprint density at radius 3 is 2.94 bits per heavy atom. The molecule has 16 heavy (non-hydrogen) atoms. The van der Waals surface area contributed by atoms with E-state index in [0.717, 1.165) is 38.8 Å². The summed E-state index contributed by atoms with van der Waals surface area (Å²) in [6.45, 7) is 4.05. The summed E-state index contributed by atoms with van der Waals surface area (Å²) in [7, 11) is 0. The number of rotatable bonds is 2. The Morgan fingerprint density at radius 1 is 1.44 bits per heavy atom. The van der Waals surface area contributed by atoms with E-state index in [9.17, 15) is 9.90 Å². The van der Waals surface area contributed by atoms with Gasteiger partial charge in [-0.25, -0.2) is 0 Å². The topological polar surface area (TPSA) is 52.6 Å². The average molecular weight is 226 g/mol. The lowest BCUT2D eigenvalue weighted by molar-refractivity contribution is -0.138. The van der Waals surface area contributed by atoms with Gasteiger partial charge in [-0.1, -0.05) is 0 Å². The van der Waals surface area contributed by atoms with Crippen LogP contribution in [0, 0.1) is 5.92 Å². The second-order valence-corrected chi connectivity index (χ2v) is 5.00. The smallest absolute Gasteiger partial charge is 0.227 e. The van der Waals surface area contributed by atoms with E-state index in [2.05, 4.69) is 12.2 Å². The van der Waals surface area contributed by atoms with E-state index in [1.54, 1.807) is 0 Å². The summed E-state index contributed by atoms with van der Waals surface area (Å²) < 4.78 is 0. The Labute approximate surface area is 97.0 Å². The van der Waals surface area contributed by atoms with Crippen molar-refractivity contribution in [3.8, 4) is 0 Å². The Hall–Kier alpha value is -0.610. The van der Waals surface area contributed by atoms with Crippen LogP contribution in [0.15, 0.2) is 0 Å². The summed E-state index contributed by atoms with van der Waals surface area (Å²) in [6.07, 6.45) is 4.06. The standard InChI is InChI=1S/C12H22N2O2/c1-9-11(5-2-6-13-9)12(16)14-7-3-4-10(14)8-15/h9-11,13,15H,2-8H2,1H3/t9-,10-,11-/m1/s1. The molecule has 2 N–H and O–H groups in total. The first-order valence-electron chi connectivity index (χ1n) is 6.38. The van der Waals surface area contributed by atoms with Crippen LogP contribution in [-0.4, -0.2) is 47.7 Å². The van der Waals surface area contributed by atoms with Crippen molar-refractivity contribution >= 4 is 5.91 Å². The number of aliphatic hydroxyl groups is 1. The summed E-state index contributed by atoms with van der Waals surface area (Å²) in [5.74, 6) is 0.358. The molecule has 0 aromatic rings. The van der Waals surface area contributed by atoms with Gasteiger partial charge in [0, 0.05) is 12.6 Å². The molecule has 0 aliphatic carbocycles. The fourth-order valence-electron chi connectivity index (χ4n) is 2.91. The minimum atomic E-state index is 0.0710. The minimum Gasteiger partial charge on any atom is -0.394 e. The lowest BCUT2D eigenvalue weighted by atomic mass is 9.90. The van der Waals surface area contributed by atoms with E-state index in [-0.39, 0.29) is 30.5 Å². The first kappa shape index (κ1) is 11.9. The summed E-state index contributed by atoms with van der Waals surface area (Å²) in [5, 5.41) is 12.6. The molecule has 0 radical (unpaired) electrons. The second-order valence-electron chi connectivity index (χ2n) is 5.00. The number of carbonyl (C=O) groups excluding carboxylic acids is 1. The van der Waals surface area contributed by atoms with Crippen LogP contribution in [0.2, 0.25) is 0 Å². The van der Waals surface area contributed by atoms with Gasteiger partial charge in [0.15, 0.2) is 0 Å². The van der Waals surface area contributed by atoms with Crippen LogP contribution in [0.1, 0.15) is 32.6 Å². The monoisotopic (exact) mass is 226 g/mol. The van der Waals surface area contributed by atoms with Gasteiger partial charge in [0.2, 0.25) is 5.91 Å². The van der Waals surface area contributed by atoms with Gasteiger partial charge in [0.1, 0.15) is 0 Å². The molecule has 0 spiro atoms. The molecular weight excluding hydrogens is 204 g/mol. The van der Waals surface area contributed by atoms with Crippen LogP contribution in [0.5, 0.6) is 0 Å². The highest BCUT2D eigenvalue weighted by atomic mass is 16.3. The highest BCUT2D eigenvalue weighted by Gasteiger charge is 2.35. The number of carbonyl (C=O) groups is 1. The molecule has 2 fully saturated rings. The lowest BCUT2D eigenvalue weighted by Gasteiger charge is -2.34. The summed E-state index contributed by atoms with van der Waals surface area (Å²) >= 11 is 0. The van der Waals surface area contributed by atoms with Gasteiger partial charge in [-0.2, -0.15) is 0 Å². The van der Waals surface area contributed by atoms with Gasteiger partial charge in [0.25, 0.3) is 0 Å². The number of amides is 1. The van der Waals surface area contributed by atoms with Gasteiger partial charge in [0.05, 0.1) is 18.6 Å². The quantitative estimate of drug-likeness (QED) is 0.715. The van der Waals surface area contributed by atoms with Crippen molar-refractivity contribution in [1.82, 2.24) is 10.2 Å². The Bertz CT molecular complexity index is 253. The van der Waals surface area contributed by atoms with Crippen molar-refractivity contribution in [3.05, 3.63) is 0 Å². The molecule has 3 atom stereocenters. The fraction of sp³-hybridized carbons (Fsp3) is 0.917. The van der Waals surface area contributed by atoms with Crippen molar-refractivity contribution in [2.75, 3.05) is 19.7 Å². The van der Waals surface area contributed by atoms with Crippen LogP contribution in [0.25, 0.3) is 0 Å². The molecule has 2 rings (SSSR count). The molecule has 0 bridgehead atoms. The fourth-order valence-corrected chi connectivity index (χ4v) is 2.91. The van der Waals surface area contributed by atoms with Crippen LogP contribution in [-0.2, 0) is 4.79 Å². The molecule has 4 nitrogen and oxygen atoms in total. The van der Waals surface area contributed by atoms with E-state index in [0.29, 0.717) is 0 Å². The van der Waals surface area contributed by atoms with Gasteiger partial charge in [-0.3, -0.25) is 4.79 Å². The van der Waals surface area contributed by atoms with Crippen molar-refractivity contribution in [1.29, 1.82) is 0 Å². The number of aliphatic hydroxyl groups excluding tert-OH is 1. The Morgan fingerprint density at radius 2 is 2.25 bits per heavy atom. The number of piperidine rings is 1. The zero-order valence-electron chi connectivity index (χ0n) is 9.98. The zero-order valence-corrected chi connectivity index (χ0v) is 9.98. The molecule has 0 aromatic carbocycles. The van der Waals surface area contributed by atoms with E-state index in [1.807, 2.05) is 4.90 Å². The summed E-state index contributed by atoms with van der Waals surface area (Å²) in [6, 6.07) is 0.350. The Balaban J connectivity index is 2.00. The van der Waals surface area contributed by atoms with Crippen LogP contribution >= 0.6 is 0 Å². The van der Waals surface area contributed by atoms with E-state index < -0.39 is 0 Å². The second kappa shape index (κ2) is 5.15. The molecule has 2 saturated heterocycles. The van der Waals surface area contributed by atoms with Gasteiger partial charge >= 0.3 is 0 Å². The van der Waals surface area contributed by atoms with Crippen LogP contribution in [0.3, 0.4) is 0 Å². The predicted octanol–water partition coefficient (Wildman–Crippen LogP) is 0.358. The van der Waals surface area contributed by atoms with Gasteiger partial charge in [-0.05, 0) is 39.2 Å². The van der Waals surface area contributed by atoms with Crippen LogP contribution in [0.4, 0.5) is 0 Å². The van der Waals surface area contributed by atoms with E-state index >= 15 is 0 Å². The van der Waals surface area contributed by atoms with Crippen molar-refractivity contribution in [2.45, 2.75) is 44.7 Å². The van der Waals surface area contributed by atoms with Crippen molar-refractivity contribution < 1.29 is 9.90 Å². The molecule has 2 aliphatic heterocycles. The number of nitrogens with zero attached hydrogens (tertiary/aromatic N) is 1. The summed E-state index contributed by atoms with van der Waals surface area (Å²) in [5.41, 5.74) is 0. The maximum absolute atomic E-state index is 12.4. The minimum absolute atomic E-state index is 0.0710. The number of likely N-dealkylation sites (tertiary alicyclic amines) is 1. The third-order valence-electron chi connectivity index (χ3n) is 3.95. The highest BCUT2D eigenvalue weighted by Crippen LogP contribution is 2.24.